The molecule has 0 atom stereocenters. The number of hydrogen-bond donors (Lipinski definition) is 2. The van der Waals surface area contributed by atoms with E-state index in [0.29, 0.717) is 13.0 Å². The first-order chi connectivity index (χ1) is 14.6. The van der Waals surface area contributed by atoms with E-state index < -0.39 is 0 Å². The van der Waals surface area contributed by atoms with Gasteiger partial charge in [0.2, 0.25) is 5.91 Å². The van der Waals surface area contributed by atoms with Crippen LogP contribution < -0.4 is 15.5 Å². The molecule has 8 heteroatoms. The van der Waals surface area contributed by atoms with Crippen molar-refractivity contribution in [1.82, 2.24) is 20.0 Å². The van der Waals surface area contributed by atoms with Crippen molar-refractivity contribution in [2.75, 3.05) is 25.0 Å². The van der Waals surface area contributed by atoms with Gasteiger partial charge in [0.25, 0.3) is 0 Å². The Labute approximate surface area is 200 Å². The van der Waals surface area contributed by atoms with Crippen molar-refractivity contribution in [2.45, 2.75) is 32.7 Å². The first-order valence-electron chi connectivity index (χ1n) is 10.4. The normalized spacial score (nSPS) is 14.1. The Bertz CT molecular complexity index is 1060. The number of anilines is 1. The molecule has 1 aliphatic heterocycles. The highest BCUT2D eigenvalue weighted by molar-refractivity contribution is 14.0. The fraction of sp³-hybridized carbons (Fsp3) is 0.348. The largest absolute Gasteiger partial charge is 0.356 e. The van der Waals surface area contributed by atoms with Gasteiger partial charge in [-0.3, -0.25) is 9.79 Å². The molecule has 0 saturated carbocycles. The molecule has 2 N–H and O–H groups in total. The number of carbonyl (C=O) groups excluding carboxylic acids is 1. The summed E-state index contributed by atoms with van der Waals surface area (Å²) in [5, 5.41) is 6.68. The van der Waals surface area contributed by atoms with E-state index in [4.69, 9.17) is 4.98 Å². The average Bonchev–Trinajstić information content (AvgIpc) is 3.37. The molecule has 7 nitrogen and oxygen atoms in total. The lowest BCUT2D eigenvalue weighted by molar-refractivity contribution is -0.117. The molecule has 1 fully saturated rings. The van der Waals surface area contributed by atoms with Crippen LogP contribution in [0, 0.1) is 6.92 Å². The second-order valence-electron chi connectivity index (χ2n) is 7.57. The number of pyridine rings is 1. The molecule has 4 rings (SSSR count). The fourth-order valence-electron chi connectivity index (χ4n) is 3.76. The number of aliphatic imine (C=N–C) groups is 1. The number of nitrogens with one attached hydrogen (secondary N) is 2. The maximum Gasteiger partial charge on any atom is 0.227 e. The van der Waals surface area contributed by atoms with Gasteiger partial charge >= 0.3 is 0 Å². The predicted octanol–water partition coefficient (Wildman–Crippen LogP) is 3.30. The Morgan fingerprint density at radius 2 is 2.00 bits per heavy atom. The lowest BCUT2D eigenvalue weighted by Gasteiger charge is -2.16. The second-order valence-corrected chi connectivity index (χ2v) is 7.57. The van der Waals surface area contributed by atoms with E-state index in [9.17, 15) is 4.79 Å². The number of guanidine groups is 1. The summed E-state index contributed by atoms with van der Waals surface area (Å²) < 4.78 is 2.07. The summed E-state index contributed by atoms with van der Waals surface area (Å²) in [6.45, 7) is 4.31. The number of carbonyl (C=O) groups is 1. The van der Waals surface area contributed by atoms with Crippen LogP contribution in [0.2, 0.25) is 0 Å². The molecule has 0 radical (unpaired) electrons. The van der Waals surface area contributed by atoms with Crippen LogP contribution >= 0.6 is 24.0 Å². The highest BCUT2D eigenvalue weighted by atomic mass is 127. The molecule has 0 spiro atoms. The lowest BCUT2D eigenvalue weighted by Crippen LogP contribution is -2.37. The molecule has 1 amide bonds. The minimum absolute atomic E-state index is 0. The van der Waals surface area contributed by atoms with Crippen molar-refractivity contribution < 1.29 is 4.79 Å². The van der Waals surface area contributed by atoms with Gasteiger partial charge < -0.3 is 19.9 Å². The molecule has 3 aromatic rings. The molecule has 0 aliphatic carbocycles. The topological polar surface area (TPSA) is 74.0 Å². The monoisotopic (exact) mass is 532 g/mol. The molecule has 0 bridgehead atoms. The van der Waals surface area contributed by atoms with E-state index in [1.54, 1.807) is 7.05 Å². The Morgan fingerprint density at radius 1 is 1.19 bits per heavy atom. The number of nitrogens with zero attached hydrogens (tertiary/aromatic N) is 4. The second kappa shape index (κ2) is 10.6. The van der Waals surface area contributed by atoms with Gasteiger partial charge in [-0.1, -0.05) is 18.2 Å². The third-order valence-corrected chi connectivity index (χ3v) is 5.41. The zero-order valence-electron chi connectivity index (χ0n) is 18.0. The summed E-state index contributed by atoms with van der Waals surface area (Å²) in [7, 11) is 1.77. The summed E-state index contributed by atoms with van der Waals surface area (Å²) in [6, 6.07) is 12.3. The van der Waals surface area contributed by atoms with E-state index >= 15 is 0 Å². The molecule has 164 valence electrons. The van der Waals surface area contributed by atoms with Crippen molar-refractivity contribution in [1.29, 1.82) is 0 Å². The van der Waals surface area contributed by atoms with Crippen LogP contribution in [0.3, 0.4) is 0 Å². The smallest absolute Gasteiger partial charge is 0.227 e. The minimum atomic E-state index is 0. The summed E-state index contributed by atoms with van der Waals surface area (Å²) in [5.74, 6) is 0.972. The standard InChI is InChI=1S/C23H28N6O.HI/c1-17-5-3-13-28-16-19(27-22(17)28)11-12-25-23(24-2)26-15-18-7-9-20(10-8-18)29-14-4-6-21(29)30;/h3,5,7-10,13,16H,4,6,11-12,14-15H2,1-2H3,(H2,24,25,26);1H. The minimum Gasteiger partial charge on any atom is -0.356 e. The van der Waals surface area contributed by atoms with Gasteiger partial charge in [-0.25, -0.2) is 4.98 Å². The number of halogens is 1. The SMILES string of the molecule is CN=C(NCCc1cn2cccc(C)c2n1)NCc1ccc(N2CCCC2=O)cc1.I. The van der Waals surface area contributed by atoms with E-state index in [1.807, 2.05) is 29.3 Å². The van der Waals surface area contributed by atoms with Gasteiger partial charge in [0.05, 0.1) is 5.69 Å². The van der Waals surface area contributed by atoms with Crippen molar-refractivity contribution in [2.24, 2.45) is 4.99 Å². The van der Waals surface area contributed by atoms with Crippen LogP contribution in [0.5, 0.6) is 0 Å². The van der Waals surface area contributed by atoms with Gasteiger partial charge in [0.15, 0.2) is 5.96 Å². The number of aromatic nitrogens is 2. The predicted molar refractivity (Wildman–Crippen MR) is 135 cm³/mol. The number of rotatable bonds is 6. The van der Waals surface area contributed by atoms with Crippen LogP contribution in [0.25, 0.3) is 5.65 Å². The third-order valence-electron chi connectivity index (χ3n) is 5.41. The highest BCUT2D eigenvalue weighted by Gasteiger charge is 2.21. The molecule has 2 aromatic heterocycles. The maximum absolute atomic E-state index is 11.9. The van der Waals surface area contributed by atoms with Crippen molar-refractivity contribution in [3.63, 3.8) is 0 Å². The first kappa shape index (κ1) is 23.1. The molecule has 31 heavy (non-hydrogen) atoms. The van der Waals surface area contributed by atoms with Crippen molar-refractivity contribution in [3.8, 4) is 0 Å². The van der Waals surface area contributed by atoms with Gasteiger partial charge in [-0.2, -0.15) is 0 Å². The van der Waals surface area contributed by atoms with Crippen molar-refractivity contribution in [3.05, 3.63) is 65.6 Å². The third kappa shape index (κ3) is 5.55. The number of hydrogen-bond acceptors (Lipinski definition) is 3. The maximum atomic E-state index is 11.9. The number of imidazole rings is 1. The number of aryl methyl sites for hydroxylation is 1. The molecular formula is C23H29IN6O. The van der Waals surface area contributed by atoms with Gasteiger partial charge in [0.1, 0.15) is 5.65 Å². The Morgan fingerprint density at radius 3 is 2.68 bits per heavy atom. The van der Waals surface area contributed by atoms with E-state index in [2.05, 4.69) is 51.3 Å². The van der Waals surface area contributed by atoms with Crippen LogP contribution in [0.15, 0.2) is 53.8 Å². The molecule has 1 saturated heterocycles. The van der Waals surface area contributed by atoms with E-state index in [1.165, 1.54) is 5.56 Å². The van der Waals surface area contributed by atoms with Crippen LogP contribution in [0.1, 0.15) is 29.7 Å². The number of fused-ring (bicyclic) bond motifs is 1. The number of benzene rings is 1. The quantitative estimate of drug-likeness (QED) is 0.291. The van der Waals surface area contributed by atoms with E-state index in [-0.39, 0.29) is 29.9 Å². The zero-order chi connectivity index (χ0) is 20.9. The Hall–Kier alpha value is -2.62. The van der Waals surface area contributed by atoms with Crippen molar-refractivity contribution >= 4 is 47.2 Å². The summed E-state index contributed by atoms with van der Waals surface area (Å²) >= 11 is 0. The van der Waals surface area contributed by atoms with Crippen LogP contribution in [0.4, 0.5) is 5.69 Å². The van der Waals surface area contributed by atoms with Crippen LogP contribution in [-0.4, -0.2) is 41.4 Å². The molecule has 0 unspecified atom stereocenters. The molecular weight excluding hydrogens is 503 g/mol. The van der Waals surface area contributed by atoms with E-state index in [0.717, 1.165) is 54.5 Å². The summed E-state index contributed by atoms with van der Waals surface area (Å²) in [5.41, 5.74) is 5.36. The zero-order valence-corrected chi connectivity index (χ0v) is 20.3. The summed E-state index contributed by atoms with van der Waals surface area (Å²) in [6.07, 6.45) is 6.52. The van der Waals surface area contributed by atoms with Gasteiger partial charge in [0, 0.05) is 57.6 Å². The number of amides is 1. The Kier molecular flexibility index (Phi) is 7.89. The molecule has 3 heterocycles. The van der Waals surface area contributed by atoms with Gasteiger partial charge in [-0.05, 0) is 42.7 Å². The Balaban J connectivity index is 0.00000272. The highest BCUT2D eigenvalue weighted by Crippen LogP contribution is 2.21. The summed E-state index contributed by atoms with van der Waals surface area (Å²) in [4.78, 5) is 22.7. The molecule has 1 aliphatic rings. The molecule has 1 aromatic carbocycles. The lowest BCUT2D eigenvalue weighted by atomic mass is 10.2. The first-order valence-corrected chi connectivity index (χ1v) is 10.4. The average molecular weight is 532 g/mol. The van der Waals surface area contributed by atoms with Crippen LogP contribution in [-0.2, 0) is 17.8 Å². The fourth-order valence-corrected chi connectivity index (χ4v) is 3.76. The van der Waals surface area contributed by atoms with Gasteiger partial charge in [-0.15, -0.1) is 24.0 Å².